The van der Waals surface area contributed by atoms with Crippen LogP contribution in [0.1, 0.15) is 27.0 Å². The van der Waals surface area contributed by atoms with Crippen LogP contribution in [-0.2, 0) is 12.8 Å². The number of aryl methyl sites for hydroxylation is 2. The molecule has 1 heterocycles. The van der Waals surface area contributed by atoms with E-state index < -0.39 is 0 Å². The lowest BCUT2D eigenvalue weighted by Crippen LogP contribution is -2.17. The molecule has 1 aliphatic carbocycles. The summed E-state index contributed by atoms with van der Waals surface area (Å²) < 4.78 is 0. The van der Waals surface area contributed by atoms with Crippen LogP contribution in [0.15, 0.2) is 60.0 Å². The van der Waals surface area contributed by atoms with Gasteiger partial charge in [0.05, 0.1) is 11.8 Å². The van der Waals surface area contributed by atoms with Crippen molar-refractivity contribution < 1.29 is 4.79 Å². The predicted octanol–water partition coefficient (Wildman–Crippen LogP) is 3.10. The molecule has 1 aromatic heterocycles. The third kappa shape index (κ3) is 2.48. The van der Waals surface area contributed by atoms with Crippen LogP contribution in [0.5, 0.6) is 0 Å². The maximum absolute atomic E-state index is 12.0. The lowest BCUT2D eigenvalue weighted by Gasteiger charge is -2.05. The summed E-state index contributed by atoms with van der Waals surface area (Å²) in [5.74, 6) is -0.264. The summed E-state index contributed by atoms with van der Waals surface area (Å²) in [5, 5.41) is 6.63. The van der Waals surface area contributed by atoms with Crippen LogP contribution in [0.25, 0.3) is 10.8 Å². The van der Waals surface area contributed by atoms with Crippen molar-refractivity contribution in [1.29, 1.82) is 0 Å². The van der Waals surface area contributed by atoms with E-state index >= 15 is 0 Å². The van der Waals surface area contributed by atoms with Crippen LogP contribution in [0.2, 0.25) is 0 Å². The van der Waals surface area contributed by atoms with Crippen LogP contribution in [0.3, 0.4) is 0 Å². The fourth-order valence-corrected chi connectivity index (χ4v) is 3.10. The van der Waals surface area contributed by atoms with Gasteiger partial charge in [0.1, 0.15) is 0 Å². The van der Waals surface area contributed by atoms with Gasteiger partial charge < -0.3 is 0 Å². The number of hydrogen-bond acceptors (Lipinski definition) is 3. The second-order valence-electron chi connectivity index (χ2n) is 5.59. The van der Waals surface area contributed by atoms with Crippen molar-refractivity contribution in [3.05, 3.63) is 77.1 Å². The number of amides is 1. The number of benzene rings is 2. The number of carbonyl (C=O) groups is 1. The molecule has 0 bridgehead atoms. The van der Waals surface area contributed by atoms with Crippen molar-refractivity contribution in [1.82, 2.24) is 10.4 Å². The highest BCUT2D eigenvalue weighted by atomic mass is 16.2. The molecule has 4 rings (SSSR count). The summed E-state index contributed by atoms with van der Waals surface area (Å²) in [4.78, 5) is 15.9. The molecule has 1 N–H and O–H groups in total. The van der Waals surface area contributed by atoms with Crippen LogP contribution < -0.4 is 5.43 Å². The third-order valence-electron chi connectivity index (χ3n) is 4.20. The highest BCUT2D eigenvalue weighted by Gasteiger charge is 2.14. The van der Waals surface area contributed by atoms with Crippen molar-refractivity contribution in [2.24, 2.45) is 5.10 Å². The average molecular weight is 301 g/mol. The minimum absolute atomic E-state index is 0.264. The fourth-order valence-electron chi connectivity index (χ4n) is 3.10. The van der Waals surface area contributed by atoms with Gasteiger partial charge in [0, 0.05) is 18.0 Å². The van der Waals surface area contributed by atoms with Gasteiger partial charge in [-0.25, -0.2) is 5.43 Å². The molecule has 2 aromatic carbocycles. The summed E-state index contributed by atoms with van der Waals surface area (Å²) in [7, 11) is 0. The zero-order valence-electron chi connectivity index (χ0n) is 12.5. The van der Waals surface area contributed by atoms with E-state index in [-0.39, 0.29) is 5.91 Å². The second-order valence-corrected chi connectivity index (χ2v) is 5.59. The number of pyridine rings is 1. The molecule has 23 heavy (non-hydrogen) atoms. The van der Waals surface area contributed by atoms with Gasteiger partial charge in [0.25, 0.3) is 5.91 Å². The van der Waals surface area contributed by atoms with Crippen LogP contribution in [-0.4, -0.2) is 17.1 Å². The summed E-state index contributed by atoms with van der Waals surface area (Å²) in [5.41, 5.74) is 6.84. The molecular formula is C19H15N3O. The Hall–Kier alpha value is -3.01. The molecule has 0 atom stereocenters. The first-order valence-electron chi connectivity index (χ1n) is 7.60. The van der Waals surface area contributed by atoms with E-state index in [9.17, 15) is 4.79 Å². The van der Waals surface area contributed by atoms with E-state index in [4.69, 9.17) is 0 Å². The number of hydrogen-bond donors (Lipinski definition) is 1. The smallest absolute Gasteiger partial charge is 0.267 e. The van der Waals surface area contributed by atoms with Crippen LogP contribution in [0, 0.1) is 0 Å². The van der Waals surface area contributed by atoms with Crippen molar-refractivity contribution in [3.8, 4) is 0 Å². The average Bonchev–Trinajstić information content (AvgIpc) is 3.02. The first-order chi connectivity index (χ1) is 11.3. The molecule has 0 unspecified atom stereocenters. The quantitative estimate of drug-likeness (QED) is 0.597. The molecule has 0 spiro atoms. The molecule has 1 aliphatic rings. The first-order valence-corrected chi connectivity index (χ1v) is 7.60. The van der Waals surface area contributed by atoms with Crippen molar-refractivity contribution in [2.45, 2.75) is 12.8 Å². The van der Waals surface area contributed by atoms with Gasteiger partial charge in [-0.2, -0.15) is 5.10 Å². The van der Waals surface area contributed by atoms with Gasteiger partial charge in [0.2, 0.25) is 0 Å². The second kappa shape index (κ2) is 5.65. The zero-order valence-corrected chi connectivity index (χ0v) is 12.5. The number of aromatic nitrogens is 1. The lowest BCUT2D eigenvalue weighted by molar-refractivity contribution is 0.0955. The Bertz CT molecular complexity index is 906. The summed E-state index contributed by atoms with van der Waals surface area (Å²) in [6.07, 6.45) is 7.06. The van der Waals surface area contributed by atoms with E-state index in [1.165, 1.54) is 28.1 Å². The van der Waals surface area contributed by atoms with E-state index in [0.29, 0.717) is 5.56 Å². The third-order valence-corrected chi connectivity index (χ3v) is 4.20. The summed E-state index contributed by atoms with van der Waals surface area (Å²) in [6, 6.07) is 14.0. The summed E-state index contributed by atoms with van der Waals surface area (Å²) in [6.45, 7) is 0. The molecule has 0 fully saturated rings. The van der Waals surface area contributed by atoms with Gasteiger partial charge >= 0.3 is 0 Å². The monoisotopic (exact) mass is 301 g/mol. The number of nitrogens with zero attached hydrogens (tertiary/aromatic N) is 2. The van der Waals surface area contributed by atoms with E-state index in [1.807, 2.05) is 0 Å². The minimum Gasteiger partial charge on any atom is -0.267 e. The number of nitrogens with one attached hydrogen (secondary N) is 1. The lowest BCUT2D eigenvalue weighted by atomic mass is 10.0. The molecule has 112 valence electrons. The molecule has 3 aromatic rings. The molecule has 1 amide bonds. The first kappa shape index (κ1) is 13.6. The highest BCUT2D eigenvalue weighted by molar-refractivity contribution is 6.03. The minimum atomic E-state index is -0.264. The zero-order chi connectivity index (χ0) is 15.6. The summed E-state index contributed by atoms with van der Waals surface area (Å²) >= 11 is 0. The Morgan fingerprint density at radius 1 is 1.09 bits per heavy atom. The molecule has 0 radical (unpaired) electrons. The fraction of sp³-hybridized carbons (Fsp3) is 0.105. The van der Waals surface area contributed by atoms with E-state index in [0.717, 1.165) is 18.4 Å². The van der Waals surface area contributed by atoms with Crippen molar-refractivity contribution in [3.63, 3.8) is 0 Å². The Morgan fingerprint density at radius 2 is 1.96 bits per heavy atom. The SMILES string of the molecule is O=C(N/N=C/c1ccc2c3c(cccc13)CC2)c1cccnc1. The molecule has 4 heteroatoms. The van der Waals surface area contributed by atoms with Gasteiger partial charge in [-0.15, -0.1) is 0 Å². The van der Waals surface area contributed by atoms with Crippen LogP contribution in [0.4, 0.5) is 0 Å². The Balaban J connectivity index is 1.60. The highest BCUT2D eigenvalue weighted by Crippen LogP contribution is 2.32. The Morgan fingerprint density at radius 3 is 2.78 bits per heavy atom. The topological polar surface area (TPSA) is 54.4 Å². The Kier molecular flexibility index (Phi) is 3.35. The van der Waals surface area contributed by atoms with Gasteiger partial charge in [-0.1, -0.05) is 30.3 Å². The molecular weight excluding hydrogens is 286 g/mol. The van der Waals surface area contributed by atoms with Crippen LogP contribution >= 0.6 is 0 Å². The van der Waals surface area contributed by atoms with Gasteiger partial charge in [-0.05, 0) is 46.9 Å². The van der Waals surface area contributed by atoms with E-state index in [1.54, 1.807) is 24.5 Å². The van der Waals surface area contributed by atoms with Gasteiger partial charge in [0.15, 0.2) is 0 Å². The Labute approximate surface area is 133 Å². The van der Waals surface area contributed by atoms with Crippen molar-refractivity contribution >= 4 is 22.9 Å². The maximum Gasteiger partial charge on any atom is 0.272 e. The number of rotatable bonds is 3. The standard InChI is InChI=1S/C19H15N3O/c23-19(16-4-2-10-20-11-16)22-21-12-15-9-8-14-7-6-13-3-1-5-17(15)18(13)14/h1-5,8-12H,6-7H2,(H,22,23)/b21-12+. The molecule has 0 saturated carbocycles. The maximum atomic E-state index is 12.0. The predicted molar refractivity (Wildman–Crippen MR) is 90.7 cm³/mol. The molecule has 4 nitrogen and oxygen atoms in total. The van der Waals surface area contributed by atoms with Crippen molar-refractivity contribution in [2.75, 3.05) is 0 Å². The molecule has 0 aliphatic heterocycles. The number of carbonyl (C=O) groups excluding carboxylic acids is 1. The number of hydrazone groups is 1. The largest absolute Gasteiger partial charge is 0.272 e. The van der Waals surface area contributed by atoms with E-state index in [2.05, 4.69) is 45.8 Å². The normalized spacial score (nSPS) is 12.9. The van der Waals surface area contributed by atoms with Gasteiger partial charge in [-0.3, -0.25) is 9.78 Å². The molecule has 0 saturated heterocycles.